The summed E-state index contributed by atoms with van der Waals surface area (Å²) >= 11 is 12.1. The summed E-state index contributed by atoms with van der Waals surface area (Å²) in [6.45, 7) is 1.65. The first-order chi connectivity index (χ1) is 13.4. The van der Waals surface area contributed by atoms with E-state index >= 15 is 0 Å². The number of likely N-dealkylation sites (N-methyl/N-ethyl adjacent to an activating group) is 1. The van der Waals surface area contributed by atoms with Crippen molar-refractivity contribution in [2.75, 3.05) is 18.9 Å². The van der Waals surface area contributed by atoms with Crippen LogP contribution in [0.2, 0.25) is 10.0 Å². The number of carbonyl (C=O) groups is 2. The molecule has 1 heterocycles. The number of carbonyl (C=O) groups excluding carboxylic acids is 2. The fourth-order valence-electron chi connectivity index (χ4n) is 2.74. The van der Waals surface area contributed by atoms with E-state index in [-0.39, 0.29) is 12.5 Å². The Labute approximate surface area is 172 Å². The highest BCUT2D eigenvalue weighted by molar-refractivity contribution is 6.39. The number of nitrogens with zero attached hydrogens (tertiary/aromatic N) is 3. The molecule has 0 saturated carbocycles. The summed E-state index contributed by atoms with van der Waals surface area (Å²) in [6.07, 6.45) is 1.50. The zero-order valence-electron chi connectivity index (χ0n) is 15.3. The Hall–Kier alpha value is -2.83. The largest absolute Gasteiger partial charge is 0.332 e. The number of rotatable bonds is 5. The van der Waals surface area contributed by atoms with Gasteiger partial charge in [0.25, 0.3) is 5.91 Å². The molecule has 3 aromatic rings. The highest BCUT2D eigenvalue weighted by Gasteiger charge is 2.21. The summed E-state index contributed by atoms with van der Waals surface area (Å²) in [5.41, 5.74) is 2.30. The summed E-state index contributed by atoms with van der Waals surface area (Å²) in [5, 5.41) is 7.59. The van der Waals surface area contributed by atoms with Crippen molar-refractivity contribution in [1.29, 1.82) is 0 Å². The van der Waals surface area contributed by atoms with Crippen molar-refractivity contribution in [3.05, 3.63) is 76.0 Å². The third kappa shape index (κ3) is 4.18. The van der Waals surface area contributed by atoms with Gasteiger partial charge in [-0.15, -0.1) is 0 Å². The van der Waals surface area contributed by atoms with Gasteiger partial charge in [-0.05, 0) is 31.2 Å². The number of amides is 2. The summed E-state index contributed by atoms with van der Waals surface area (Å²) in [7, 11) is 1.55. The van der Waals surface area contributed by atoms with Crippen LogP contribution < -0.4 is 5.32 Å². The molecule has 28 heavy (non-hydrogen) atoms. The Balaban J connectivity index is 1.71. The van der Waals surface area contributed by atoms with E-state index in [1.165, 1.54) is 11.1 Å². The zero-order valence-corrected chi connectivity index (χ0v) is 16.8. The topological polar surface area (TPSA) is 67.2 Å². The second-order valence-electron chi connectivity index (χ2n) is 6.20. The van der Waals surface area contributed by atoms with Crippen molar-refractivity contribution >= 4 is 40.7 Å². The summed E-state index contributed by atoms with van der Waals surface area (Å²) in [6, 6.07) is 14.4. The minimum absolute atomic E-state index is 0.156. The van der Waals surface area contributed by atoms with Gasteiger partial charge in [-0.2, -0.15) is 5.10 Å². The normalized spacial score (nSPS) is 10.6. The lowest BCUT2D eigenvalue weighted by Crippen LogP contribution is -2.35. The molecule has 1 aromatic heterocycles. The Morgan fingerprint density at radius 3 is 2.36 bits per heavy atom. The Morgan fingerprint density at radius 2 is 1.71 bits per heavy atom. The number of para-hydroxylation sites is 2. The first-order valence-corrected chi connectivity index (χ1v) is 9.23. The first-order valence-electron chi connectivity index (χ1n) is 8.48. The molecule has 6 nitrogen and oxygen atoms in total. The molecule has 8 heteroatoms. The van der Waals surface area contributed by atoms with Gasteiger partial charge in [-0.25, -0.2) is 4.68 Å². The van der Waals surface area contributed by atoms with Crippen molar-refractivity contribution in [1.82, 2.24) is 14.7 Å². The van der Waals surface area contributed by atoms with Gasteiger partial charge in [-0.1, -0.05) is 47.5 Å². The minimum Gasteiger partial charge on any atom is -0.332 e. The lowest BCUT2D eigenvalue weighted by Gasteiger charge is -2.17. The summed E-state index contributed by atoms with van der Waals surface area (Å²) < 4.78 is 1.69. The van der Waals surface area contributed by atoms with Gasteiger partial charge in [-0.3, -0.25) is 9.59 Å². The van der Waals surface area contributed by atoms with Crippen molar-refractivity contribution in [2.45, 2.75) is 6.92 Å². The van der Waals surface area contributed by atoms with Gasteiger partial charge >= 0.3 is 0 Å². The van der Waals surface area contributed by atoms with Gasteiger partial charge in [0.2, 0.25) is 5.91 Å². The van der Waals surface area contributed by atoms with E-state index in [0.29, 0.717) is 27.0 Å². The van der Waals surface area contributed by atoms with Gasteiger partial charge < -0.3 is 10.2 Å². The van der Waals surface area contributed by atoms with E-state index < -0.39 is 5.91 Å². The van der Waals surface area contributed by atoms with Crippen molar-refractivity contribution < 1.29 is 9.59 Å². The molecule has 0 aliphatic carbocycles. The monoisotopic (exact) mass is 416 g/mol. The quantitative estimate of drug-likeness (QED) is 0.677. The second-order valence-corrected chi connectivity index (χ2v) is 7.01. The van der Waals surface area contributed by atoms with Crippen LogP contribution in [0.4, 0.5) is 5.69 Å². The van der Waals surface area contributed by atoms with Crippen molar-refractivity contribution in [3.63, 3.8) is 0 Å². The van der Waals surface area contributed by atoms with Crippen LogP contribution in [0, 0.1) is 6.92 Å². The van der Waals surface area contributed by atoms with E-state index in [1.54, 1.807) is 29.9 Å². The smallest absolute Gasteiger partial charge is 0.257 e. The maximum absolute atomic E-state index is 12.8. The number of hydrogen-bond acceptors (Lipinski definition) is 3. The molecule has 0 radical (unpaired) electrons. The van der Waals surface area contributed by atoms with E-state index in [9.17, 15) is 9.59 Å². The lowest BCUT2D eigenvalue weighted by atomic mass is 10.2. The zero-order chi connectivity index (χ0) is 20.3. The average molecular weight is 417 g/mol. The van der Waals surface area contributed by atoms with Crippen LogP contribution in [0.1, 0.15) is 16.1 Å². The van der Waals surface area contributed by atoms with Gasteiger partial charge in [0.15, 0.2) is 0 Å². The number of benzene rings is 2. The maximum Gasteiger partial charge on any atom is 0.257 e. The number of hydrogen-bond donors (Lipinski definition) is 1. The molecule has 0 aliphatic heterocycles. The average Bonchev–Trinajstić information content (AvgIpc) is 3.06. The molecule has 0 spiro atoms. The predicted octanol–water partition coefficient (Wildman–Crippen LogP) is 4.20. The molecule has 0 fully saturated rings. The minimum atomic E-state index is -0.404. The molecule has 0 unspecified atom stereocenters. The molecule has 1 N–H and O–H groups in total. The Kier molecular flexibility index (Phi) is 6.02. The van der Waals surface area contributed by atoms with E-state index in [1.807, 2.05) is 37.3 Å². The van der Waals surface area contributed by atoms with Crippen LogP contribution in [0.5, 0.6) is 0 Å². The third-order valence-electron chi connectivity index (χ3n) is 4.20. The number of anilines is 1. The third-order valence-corrected chi connectivity index (χ3v) is 4.83. The van der Waals surface area contributed by atoms with Crippen LogP contribution in [0.15, 0.2) is 54.7 Å². The van der Waals surface area contributed by atoms with Gasteiger partial charge in [0.05, 0.1) is 45.4 Å². The molecule has 2 amide bonds. The SMILES string of the molecule is Cc1c(C(=O)N(C)CC(=O)Nc2c(Cl)cccc2Cl)cnn1-c1ccccc1. The number of aromatic nitrogens is 2. The lowest BCUT2D eigenvalue weighted by molar-refractivity contribution is -0.116. The molecular weight excluding hydrogens is 399 g/mol. The Bertz CT molecular complexity index is 998. The highest BCUT2D eigenvalue weighted by atomic mass is 35.5. The second kappa shape index (κ2) is 8.46. The van der Waals surface area contributed by atoms with Gasteiger partial charge in [0, 0.05) is 7.05 Å². The predicted molar refractivity (Wildman–Crippen MR) is 110 cm³/mol. The van der Waals surface area contributed by atoms with E-state index in [0.717, 1.165) is 5.69 Å². The van der Waals surface area contributed by atoms with Crippen molar-refractivity contribution in [2.24, 2.45) is 0 Å². The molecule has 3 rings (SSSR count). The molecule has 0 bridgehead atoms. The highest BCUT2D eigenvalue weighted by Crippen LogP contribution is 2.29. The standard InChI is InChI=1S/C20H18Cl2N4O2/c1-13-15(11-23-26(13)14-7-4-3-5-8-14)20(28)25(2)12-18(27)24-19-16(21)9-6-10-17(19)22/h3-11H,12H2,1-2H3,(H,24,27). The molecule has 0 atom stereocenters. The Morgan fingerprint density at radius 1 is 1.07 bits per heavy atom. The molecular formula is C20H18Cl2N4O2. The van der Waals surface area contributed by atoms with E-state index in [2.05, 4.69) is 10.4 Å². The van der Waals surface area contributed by atoms with Crippen LogP contribution in [0.25, 0.3) is 5.69 Å². The molecule has 0 saturated heterocycles. The fraction of sp³-hybridized carbons (Fsp3) is 0.150. The summed E-state index contributed by atoms with van der Waals surface area (Å²) in [4.78, 5) is 26.4. The maximum atomic E-state index is 12.8. The number of nitrogens with one attached hydrogen (secondary N) is 1. The molecule has 144 valence electrons. The summed E-state index contributed by atoms with van der Waals surface area (Å²) in [5.74, 6) is -0.709. The fourth-order valence-corrected chi connectivity index (χ4v) is 3.23. The van der Waals surface area contributed by atoms with Gasteiger partial charge in [0.1, 0.15) is 0 Å². The van der Waals surface area contributed by atoms with Crippen LogP contribution in [-0.4, -0.2) is 40.1 Å². The molecule has 2 aromatic carbocycles. The first kappa shape index (κ1) is 19.9. The van der Waals surface area contributed by atoms with E-state index in [4.69, 9.17) is 23.2 Å². The van der Waals surface area contributed by atoms with Crippen LogP contribution in [-0.2, 0) is 4.79 Å². The molecule has 0 aliphatic rings. The van der Waals surface area contributed by atoms with Crippen molar-refractivity contribution in [3.8, 4) is 5.69 Å². The van der Waals surface area contributed by atoms with Crippen LogP contribution >= 0.6 is 23.2 Å². The number of halogens is 2. The van der Waals surface area contributed by atoms with Crippen LogP contribution in [0.3, 0.4) is 0 Å².